The third-order valence-electron chi connectivity index (χ3n) is 6.40. The van der Waals surface area contributed by atoms with Gasteiger partial charge in [-0.25, -0.2) is 0 Å². The maximum absolute atomic E-state index is 3.90. The summed E-state index contributed by atoms with van der Waals surface area (Å²) in [6, 6.07) is 1.74. The highest BCUT2D eigenvalue weighted by molar-refractivity contribution is 4.87. The van der Waals surface area contributed by atoms with Gasteiger partial charge in [-0.3, -0.25) is 0 Å². The maximum Gasteiger partial charge on any atom is 0.0190 e. The van der Waals surface area contributed by atoms with Crippen LogP contribution in [0.4, 0.5) is 0 Å². The molecule has 0 radical (unpaired) electrons. The highest BCUT2D eigenvalue weighted by Gasteiger charge is 2.27. The lowest BCUT2D eigenvalue weighted by atomic mass is 9.90. The molecule has 4 unspecified atom stereocenters. The molecule has 0 rings (SSSR count). The zero-order chi connectivity index (χ0) is 20.3. The second-order valence-corrected chi connectivity index (χ2v) is 9.14. The van der Waals surface area contributed by atoms with Crippen molar-refractivity contribution in [2.24, 2.45) is 0 Å². The van der Waals surface area contributed by atoms with Crippen molar-refractivity contribution in [1.82, 2.24) is 20.0 Å². The molecule has 0 aromatic heterocycles. The molecule has 4 atom stereocenters. The summed E-state index contributed by atoms with van der Waals surface area (Å²) in [5.74, 6) is 0. The molecule has 158 valence electrons. The van der Waals surface area contributed by atoms with Gasteiger partial charge in [0.15, 0.2) is 0 Å². The number of likely N-dealkylation sites (N-methyl/N-ethyl adjacent to an activating group) is 2. The number of nitrogens with one attached hydrogen (secondary N) is 1. The van der Waals surface area contributed by atoms with Gasteiger partial charge in [0.1, 0.15) is 0 Å². The van der Waals surface area contributed by atoms with Crippen molar-refractivity contribution in [3.8, 4) is 0 Å². The molecule has 0 saturated carbocycles. The molecule has 0 bridgehead atoms. The van der Waals surface area contributed by atoms with Crippen LogP contribution < -0.4 is 5.32 Å². The first-order chi connectivity index (χ1) is 12.1. The molecule has 0 aromatic carbocycles. The molecule has 4 heteroatoms. The van der Waals surface area contributed by atoms with Crippen LogP contribution in [0.25, 0.3) is 0 Å². The standard InChI is InChI=1S/C22H50N4/c1-11-13-14-15-25(9)19(3)16-22(6,12-2)23-17-20(4)26(10)18-21(5)24(7)8/h19-21,23H,11-18H2,1-10H3. The monoisotopic (exact) mass is 370 g/mol. The number of unbranched alkanes of at least 4 members (excludes halogenated alkanes) is 2. The Bertz CT molecular complexity index is 347. The SMILES string of the molecule is CCCCCN(C)C(C)CC(C)(CC)NCC(C)N(C)CC(C)N(C)C. The molecule has 0 saturated heterocycles. The molecular weight excluding hydrogens is 320 g/mol. The fourth-order valence-electron chi connectivity index (χ4n) is 3.29. The van der Waals surface area contributed by atoms with Gasteiger partial charge in [0, 0.05) is 36.8 Å². The number of hydrogen-bond acceptors (Lipinski definition) is 4. The summed E-state index contributed by atoms with van der Waals surface area (Å²) in [6.07, 6.45) is 6.34. The Kier molecular flexibility index (Phi) is 13.0. The van der Waals surface area contributed by atoms with Gasteiger partial charge in [-0.15, -0.1) is 0 Å². The largest absolute Gasteiger partial charge is 0.310 e. The number of hydrogen-bond donors (Lipinski definition) is 1. The Labute approximate surface area is 165 Å². The molecule has 0 fully saturated rings. The molecular formula is C22H50N4. The third kappa shape index (κ3) is 10.2. The summed E-state index contributed by atoms with van der Waals surface area (Å²) in [5.41, 5.74) is 0.209. The minimum absolute atomic E-state index is 0.209. The van der Waals surface area contributed by atoms with E-state index in [2.05, 4.69) is 89.7 Å². The lowest BCUT2D eigenvalue weighted by molar-refractivity contribution is 0.155. The molecule has 0 aliphatic carbocycles. The first kappa shape index (κ1) is 25.8. The Morgan fingerprint density at radius 1 is 0.846 bits per heavy atom. The summed E-state index contributed by atoms with van der Waals surface area (Å²) in [5, 5.41) is 3.90. The van der Waals surface area contributed by atoms with Gasteiger partial charge in [0.2, 0.25) is 0 Å². The molecule has 26 heavy (non-hydrogen) atoms. The van der Waals surface area contributed by atoms with E-state index in [9.17, 15) is 0 Å². The van der Waals surface area contributed by atoms with Crippen molar-refractivity contribution in [3.63, 3.8) is 0 Å². The maximum atomic E-state index is 3.90. The molecule has 0 aromatic rings. The molecule has 0 spiro atoms. The van der Waals surface area contributed by atoms with Crippen LogP contribution in [0, 0.1) is 0 Å². The van der Waals surface area contributed by atoms with Crippen LogP contribution in [0.15, 0.2) is 0 Å². The summed E-state index contributed by atoms with van der Waals surface area (Å²) in [7, 11) is 8.86. The highest BCUT2D eigenvalue weighted by atomic mass is 15.2. The summed E-state index contributed by atoms with van der Waals surface area (Å²) in [6.45, 7) is 17.4. The van der Waals surface area contributed by atoms with Crippen LogP contribution in [-0.2, 0) is 0 Å². The topological polar surface area (TPSA) is 21.8 Å². The minimum Gasteiger partial charge on any atom is -0.310 e. The van der Waals surface area contributed by atoms with Crippen LogP contribution in [0.5, 0.6) is 0 Å². The van der Waals surface area contributed by atoms with Crippen LogP contribution in [0.3, 0.4) is 0 Å². The van der Waals surface area contributed by atoms with Gasteiger partial charge in [-0.2, -0.15) is 0 Å². The second kappa shape index (κ2) is 13.1. The van der Waals surface area contributed by atoms with Crippen LogP contribution in [0.2, 0.25) is 0 Å². The average Bonchev–Trinajstić information content (AvgIpc) is 2.59. The second-order valence-electron chi connectivity index (χ2n) is 9.14. The van der Waals surface area contributed by atoms with Crippen LogP contribution >= 0.6 is 0 Å². The molecule has 4 nitrogen and oxygen atoms in total. The zero-order valence-corrected chi connectivity index (χ0v) is 19.7. The molecule has 0 aliphatic heterocycles. The van der Waals surface area contributed by atoms with E-state index in [-0.39, 0.29) is 5.54 Å². The van der Waals surface area contributed by atoms with E-state index in [1.54, 1.807) is 0 Å². The number of rotatable bonds is 15. The van der Waals surface area contributed by atoms with E-state index in [1.165, 1.54) is 38.6 Å². The van der Waals surface area contributed by atoms with Crippen LogP contribution in [0.1, 0.15) is 73.6 Å². The van der Waals surface area contributed by atoms with E-state index in [1.807, 2.05) is 0 Å². The fraction of sp³-hybridized carbons (Fsp3) is 1.00. The van der Waals surface area contributed by atoms with E-state index in [0.717, 1.165) is 13.1 Å². The van der Waals surface area contributed by atoms with E-state index in [4.69, 9.17) is 0 Å². The van der Waals surface area contributed by atoms with Gasteiger partial charge >= 0.3 is 0 Å². The van der Waals surface area contributed by atoms with Crippen molar-refractivity contribution in [2.75, 3.05) is 47.8 Å². The number of nitrogens with zero attached hydrogens (tertiary/aromatic N) is 3. The molecule has 0 amide bonds. The van der Waals surface area contributed by atoms with Gasteiger partial charge in [0.25, 0.3) is 0 Å². The van der Waals surface area contributed by atoms with E-state index >= 15 is 0 Å². The average molecular weight is 371 g/mol. The Morgan fingerprint density at radius 3 is 1.96 bits per heavy atom. The Hall–Kier alpha value is -0.160. The van der Waals surface area contributed by atoms with Crippen molar-refractivity contribution in [1.29, 1.82) is 0 Å². The summed E-state index contributed by atoms with van der Waals surface area (Å²) >= 11 is 0. The smallest absolute Gasteiger partial charge is 0.0190 e. The van der Waals surface area contributed by atoms with Crippen molar-refractivity contribution in [2.45, 2.75) is 97.3 Å². The van der Waals surface area contributed by atoms with Crippen molar-refractivity contribution < 1.29 is 0 Å². The van der Waals surface area contributed by atoms with Gasteiger partial charge in [0.05, 0.1) is 0 Å². The lowest BCUT2D eigenvalue weighted by Crippen LogP contribution is -2.52. The third-order valence-corrected chi connectivity index (χ3v) is 6.40. The predicted octanol–water partition coefficient (Wildman–Crippen LogP) is 3.92. The quantitative estimate of drug-likeness (QED) is 0.441. The molecule has 1 N–H and O–H groups in total. The Morgan fingerprint density at radius 2 is 1.46 bits per heavy atom. The highest BCUT2D eigenvalue weighted by Crippen LogP contribution is 2.20. The van der Waals surface area contributed by atoms with Gasteiger partial charge < -0.3 is 20.0 Å². The predicted molar refractivity (Wildman–Crippen MR) is 118 cm³/mol. The van der Waals surface area contributed by atoms with E-state index in [0.29, 0.717) is 18.1 Å². The van der Waals surface area contributed by atoms with Crippen LogP contribution in [-0.4, -0.2) is 86.2 Å². The lowest BCUT2D eigenvalue weighted by Gasteiger charge is -2.38. The molecule has 0 heterocycles. The zero-order valence-electron chi connectivity index (χ0n) is 19.7. The molecule has 0 aliphatic rings. The van der Waals surface area contributed by atoms with E-state index < -0.39 is 0 Å². The normalized spacial score (nSPS) is 18.3. The summed E-state index contributed by atoms with van der Waals surface area (Å²) < 4.78 is 0. The van der Waals surface area contributed by atoms with Gasteiger partial charge in [-0.1, -0.05) is 26.7 Å². The Balaban J connectivity index is 4.47. The van der Waals surface area contributed by atoms with Gasteiger partial charge in [-0.05, 0) is 81.7 Å². The first-order valence-electron chi connectivity index (χ1n) is 10.9. The first-order valence-corrected chi connectivity index (χ1v) is 10.9. The summed E-state index contributed by atoms with van der Waals surface area (Å²) in [4.78, 5) is 7.32. The fourth-order valence-corrected chi connectivity index (χ4v) is 3.29. The van der Waals surface area contributed by atoms with Crippen molar-refractivity contribution >= 4 is 0 Å². The minimum atomic E-state index is 0.209. The van der Waals surface area contributed by atoms with Crippen molar-refractivity contribution in [3.05, 3.63) is 0 Å².